The molecule has 1 fully saturated rings. The average molecular weight is 480 g/mol. The Balaban J connectivity index is 1.28. The van der Waals surface area contributed by atoms with E-state index in [2.05, 4.69) is 4.90 Å². The number of benzene rings is 2. The molecule has 0 N–H and O–H groups in total. The van der Waals surface area contributed by atoms with E-state index in [0.717, 1.165) is 25.2 Å². The zero-order chi connectivity index (χ0) is 21.8. The molecule has 0 spiro atoms. The van der Waals surface area contributed by atoms with Gasteiger partial charge in [0.15, 0.2) is 5.76 Å². The third kappa shape index (κ3) is 5.74. The maximum atomic E-state index is 12.8. The number of halogens is 3. The fraction of sp³-hybridized carbons (Fsp3) is 0.261. The Morgan fingerprint density at radius 3 is 2.45 bits per heavy atom. The van der Waals surface area contributed by atoms with Gasteiger partial charge < -0.3 is 14.1 Å². The number of hydrogen-bond acceptors (Lipinski definition) is 4. The highest BCUT2D eigenvalue weighted by Gasteiger charge is 2.24. The average Bonchev–Trinajstić information content (AvgIpc) is 3.23. The third-order valence-corrected chi connectivity index (χ3v) is 5.94. The minimum atomic E-state index is -0.113. The van der Waals surface area contributed by atoms with E-state index in [1.54, 1.807) is 35.2 Å². The zero-order valence-electron chi connectivity index (χ0n) is 16.7. The smallest absolute Gasteiger partial charge is 0.289 e. The van der Waals surface area contributed by atoms with Crippen LogP contribution in [0.1, 0.15) is 21.9 Å². The molecular weight excluding hydrogens is 459 g/mol. The van der Waals surface area contributed by atoms with Crippen LogP contribution in [0, 0.1) is 0 Å². The van der Waals surface area contributed by atoms with Crippen LogP contribution in [0.4, 0.5) is 0 Å². The van der Waals surface area contributed by atoms with Crippen LogP contribution < -0.4 is 4.74 Å². The summed E-state index contributed by atoms with van der Waals surface area (Å²) in [5.74, 6) is 1.44. The minimum Gasteiger partial charge on any atom is -0.486 e. The van der Waals surface area contributed by atoms with Crippen molar-refractivity contribution in [3.05, 3.63) is 86.7 Å². The molecular formula is C23H21Cl3N2O3. The van der Waals surface area contributed by atoms with Gasteiger partial charge in [0.1, 0.15) is 18.1 Å². The number of rotatable bonds is 6. The molecule has 1 amide bonds. The Morgan fingerprint density at radius 2 is 1.71 bits per heavy atom. The lowest BCUT2D eigenvalue weighted by molar-refractivity contribution is 0.0594. The lowest BCUT2D eigenvalue weighted by Crippen LogP contribution is -2.48. The first-order valence-corrected chi connectivity index (χ1v) is 11.0. The molecule has 5 nitrogen and oxygen atoms in total. The van der Waals surface area contributed by atoms with Crippen LogP contribution in [0.2, 0.25) is 15.1 Å². The summed E-state index contributed by atoms with van der Waals surface area (Å²) >= 11 is 18.2. The van der Waals surface area contributed by atoms with Crippen molar-refractivity contribution in [3.8, 4) is 5.75 Å². The molecule has 0 radical (unpaired) electrons. The van der Waals surface area contributed by atoms with Crippen molar-refractivity contribution in [2.45, 2.75) is 13.2 Å². The summed E-state index contributed by atoms with van der Waals surface area (Å²) < 4.78 is 11.4. The monoisotopic (exact) mass is 478 g/mol. The highest BCUT2D eigenvalue weighted by atomic mass is 35.5. The lowest BCUT2D eigenvalue weighted by atomic mass is 10.2. The Morgan fingerprint density at radius 1 is 0.935 bits per heavy atom. The van der Waals surface area contributed by atoms with E-state index in [1.807, 2.05) is 24.3 Å². The standard InChI is InChI=1S/C23H21Cl3N2O3/c24-17-2-1-3-19(12-17)30-15-20-6-7-22(31-20)23(29)28-10-8-27(9-11-28)14-16-4-5-18(25)13-21(16)26/h1-7,12-13H,8-11,14-15H2. The van der Waals surface area contributed by atoms with Crippen LogP contribution in [0.25, 0.3) is 0 Å². The molecule has 162 valence electrons. The molecule has 8 heteroatoms. The summed E-state index contributed by atoms with van der Waals surface area (Å²) in [6.07, 6.45) is 0. The number of carbonyl (C=O) groups excluding carboxylic acids is 1. The van der Waals surface area contributed by atoms with Crippen molar-refractivity contribution in [3.63, 3.8) is 0 Å². The van der Waals surface area contributed by atoms with Crippen LogP contribution in [0.15, 0.2) is 59.0 Å². The number of ether oxygens (including phenoxy) is 1. The van der Waals surface area contributed by atoms with Gasteiger partial charge in [0.2, 0.25) is 0 Å². The molecule has 1 aliphatic heterocycles. The van der Waals surface area contributed by atoms with Gasteiger partial charge in [0, 0.05) is 47.8 Å². The molecule has 3 aromatic rings. The number of nitrogens with zero attached hydrogens (tertiary/aromatic N) is 2. The van der Waals surface area contributed by atoms with Crippen molar-refractivity contribution in [2.24, 2.45) is 0 Å². The first-order chi connectivity index (χ1) is 15.0. The summed E-state index contributed by atoms with van der Waals surface area (Å²) in [6.45, 7) is 3.72. The highest BCUT2D eigenvalue weighted by molar-refractivity contribution is 6.35. The Hall–Kier alpha value is -2.18. The molecule has 0 unspecified atom stereocenters. The molecule has 2 heterocycles. The van der Waals surface area contributed by atoms with E-state index in [9.17, 15) is 4.79 Å². The van der Waals surface area contributed by atoms with Crippen molar-refractivity contribution in [2.75, 3.05) is 26.2 Å². The summed E-state index contributed by atoms with van der Waals surface area (Å²) in [5.41, 5.74) is 1.03. The van der Waals surface area contributed by atoms with Crippen LogP contribution in [-0.2, 0) is 13.2 Å². The van der Waals surface area contributed by atoms with Crippen LogP contribution in [0.3, 0.4) is 0 Å². The Labute approximate surface area is 196 Å². The van der Waals surface area contributed by atoms with Gasteiger partial charge in [-0.1, -0.05) is 46.9 Å². The fourth-order valence-corrected chi connectivity index (χ4v) is 4.09. The van der Waals surface area contributed by atoms with Gasteiger partial charge in [-0.2, -0.15) is 0 Å². The zero-order valence-corrected chi connectivity index (χ0v) is 19.0. The van der Waals surface area contributed by atoms with Gasteiger partial charge in [0.05, 0.1) is 0 Å². The number of piperazine rings is 1. The molecule has 4 rings (SSSR count). The molecule has 1 aromatic heterocycles. The molecule has 1 aliphatic rings. The molecule has 0 aliphatic carbocycles. The fourth-order valence-electron chi connectivity index (χ4n) is 3.44. The molecule has 0 saturated carbocycles. The van der Waals surface area contributed by atoms with Gasteiger partial charge in [-0.25, -0.2) is 0 Å². The molecule has 2 aromatic carbocycles. The third-order valence-electron chi connectivity index (χ3n) is 5.12. The number of hydrogen-bond donors (Lipinski definition) is 0. The first-order valence-electron chi connectivity index (χ1n) is 9.90. The SMILES string of the molecule is O=C(c1ccc(COc2cccc(Cl)c2)o1)N1CCN(Cc2ccc(Cl)cc2Cl)CC1. The van der Waals surface area contributed by atoms with Gasteiger partial charge in [-0.3, -0.25) is 9.69 Å². The van der Waals surface area contributed by atoms with Crippen molar-refractivity contribution in [1.29, 1.82) is 0 Å². The van der Waals surface area contributed by atoms with Gasteiger partial charge >= 0.3 is 0 Å². The second kappa shape index (κ2) is 9.96. The van der Waals surface area contributed by atoms with E-state index in [0.29, 0.717) is 45.4 Å². The van der Waals surface area contributed by atoms with E-state index < -0.39 is 0 Å². The number of amides is 1. The van der Waals surface area contributed by atoms with E-state index in [-0.39, 0.29) is 12.5 Å². The molecule has 31 heavy (non-hydrogen) atoms. The second-order valence-electron chi connectivity index (χ2n) is 7.32. The summed E-state index contributed by atoms with van der Waals surface area (Å²) in [7, 11) is 0. The normalized spacial score (nSPS) is 14.6. The predicted molar refractivity (Wildman–Crippen MR) is 122 cm³/mol. The lowest BCUT2D eigenvalue weighted by Gasteiger charge is -2.34. The van der Waals surface area contributed by atoms with Gasteiger partial charge in [-0.15, -0.1) is 0 Å². The van der Waals surface area contributed by atoms with Crippen LogP contribution in [-0.4, -0.2) is 41.9 Å². The quantitative estimate of drug-likeness (QED) is 0.450. The van der Waals surface area contributed by atoms with Gasteiger partial charge in [0.25, 0.3) is 5.91 Å². The second-order valence-corrected chi connectivity index (χ2v) is 8.60. The minimum absolute atomic E-state index is 0.113. The van der Waals surface area contributed by atoms with Crippen molar-refractivity contribution < 1.29 is 13.9 Å². The largest absolute Gasteiger partial charge is 0.486 e. The highest BCUT2D eigenvalue weighted by Crippen LogP contribution is 2.23. The topological polar surface area (TPSA) is 45.9 Å². The van der Waals surface area contributed by atoms with E-state index in [4.69, 9.17) is 44.0 Å². The maximum Gasteiger partial charge on any atom is 0.289 e. The van der Waals surface area contributed by atoms with Crippen molar-refractivity contribution in [1.82, 2.24) is 9.80 Å². The summed E-state index contributed by atoms with van der Waals surface area (Å²) in [6, 6.07) is 16.1. The van der Waals surface area contributed by atoms with Crippen LogP contribution in [0.5, 0.6) is 5.75 Å². The number of furan rings is 1. The molecule has 0 bridgehead atoms. The van der Waals surface area contributed by atoms with E-state index >= 15 is 0 Å². The molecule has 1 saturated heterocycles. The predicted octanol–water partition coefficient (Wildman–Crippen LogP) is 5.78. The van der Waals surface area contributed by atoms with E-state index in [1.165, 1.54) is 0 Å². The summed E-state index contributed by atoms with van der Waals surface area (Å²) in [4.78, 5) is 16.9. The molecule has 0 atom stereocenters. The number of carbonyl (C=O) groups is 1. The van der Waals surface area contributed by atoms with Gasteiger partial charge in [-0.05, 0) is 48.0 Å². The Bertz CT molecular complexity index is 1060. The van der Waals surface area contributed by atoms with Crippen molar-refractivity contribution >= 4 is 40.7 Å². The summed E-state index contributed by atoms with van der Waals surface area (Å²) in [5, 5.41) is 1.89. The maximum absolute atomic E-state index is 12.8. The van der Waals surface area contributed by atoms with Crippen LogP contribution >= 0.6 is 34.8 Å². The Kier molecular flexibility index (Phi) is 7.08. The first kappa shape index (κ1) is 22.0.